The van der Waals surface area contributed by atoms with Crippen molar-refractivity contribution in [1.82, 2.24) is 4.90 Å². The van der Waals surface area contributed by atoms with E-state index in [0.717, 1.165) is 18.8 Å². The lowest BCUT2D eigenvalue weighted by Crippen LogP contribution is -2.30. The molecule has 0 unspecified atom stereocenters. The van der Waals surface area contributed by atoms with Gasteiger partial charge >= 0.3 is 0 Å². The Morgan fingerprint density at radius 1 is 1.47 bits per heavy atom. The quantitative estimate of drug-likeness (QED) is 0.763. The lowest BCUT2D eigenvalue weighted by atomic mass is 10.1. The number of allylic oxidation sites excluding steroid dienone is 3. The Morgan fingerprint density at radius 2 is 2.33 bits per heavy atom. The molecule has 0 fully saturated rings. The maximum Gasteiger partial charge on any atom is 0.133 e. The van der Waals surface area contributed by atoms with Crippen molar-refractivity contribution < 1.29 is 0 Å². The maximum atomic E-state index is 4.66. The van der Waals surface area contributed by atoms with Crippen LogP contribution in [0.2, 0.25) is 0 Å². The van der Waals surface area contributed by atoms with Crippen LogP contribution in [0.3, 0.4) is 0 Å². The summed E-state index contributed by atoms with van der Waals surface area (Å²) in [5.74, 6) is 1.06. The summed E-state index contributed by atoms with van der Waals surface area (Å²) in [5, 5.41) is 0. The monoisotopic (exact) mass is 266 g/mol. The largest absolute Gasteiger partial charge is 0.328 e. The van der Waals surface area contributed by atoms with Gasteiger partial charge in [0.25, 0.3) is 0 Å². The van der Waals surface area contributed by atoms with Gasteiger partial charge in [-0.25, -0.2) is 4.99 Å². The fraction of sp³-hybridized carbons (Fsp3) is 0.417. The van der Waals surface area contributed by atoms with Crippen LogP contribution in [0.1, 0.15) is 26.2 Å². The average Bonchev–Trinajstić information content (AvgIpc) is 2.26. The number of halogens is 1. The van der Waals surface area contributed by atoms with Crippen molar-refractivity contribution in [2.45, 2.75) is 26.2 Å². The van der Waals surface area contributed by atoms with Crippen LogP contribution in [-0.2, 0) is 0 Å². The zero-order valence-electron chi connectivity index (χ0n) is 8.91. The molecule has 0 saturated heterocycles. The van der Waals surface area contributed by atoms with E-state index in [-0.39, 0.29) is 0 Å². The van der Waals surface area contributed by atoms with Crippen molar-refractivity contribution in [2.75, 3.05) is 6.54 Å². The zero-order valence-corrected chi connectivity index (χ0v) is 10.5. The highest BCUT2D eigenvalue weighted by atomic mass is 79.9. The first kappa shape index (κ1) is 10.7. The van der Waals surface area contributed by atoms with E-state index in [2.05, 4.69) is 45.0 Å². The molecule has 2 aliphatic heterocycles. The highest BCUT2D eigenvalue weighted by Gasteiger charge is 2.17. The first-order valence-corrected chi connectivity index (χ1v) is 6.18. The van der Waals surface area contributed by atoms with E-state index in [4.69, 9.17) is 0 Å². The molecule has 2 rings (SSSR count). The molecule has 0 aromatic carbocycles. The SMILES string of the molecule is CCCCC1=C(Br)CN2C=CC=CC2=N1. The molecule has 0 bridgehead atoms. The predicted octanol–water partition coefficient (Wildman–Crippen LogP) is 3.58. The number of hydrogen-bond acceptors (Lipinski definition) is 2. The molecule has 0 atom stereocenters. The van der Waals surface area contributed by atoms with Gasteiger partial charge in [0.2, 0.25) is 0 Å². The minimum atomic E-state index is 0.915. The van der Waals surface area contributed by atoms with Crippen molar-refractivity contribution >= 4 is 21.8 Å². The Balaban J connectivity index is 2.16. The van der Waals surface area contributed by atoms with Crippen molar-refractivity contribution in [3.05, 3.63) is 34.6 Å². The topological polar surface area (TPSA) is 15.6 Å². The molecule has 3 heteroatoms. The first-order valence-electron chi connectivity index (χ1n) is 5.39. The second-order valence-corrected chi connectivity index (χ2v) is 4.71. The van der Waals surface area contributed by atoms with Gasteiger partial charge in [0.1, 0.15) is 5.84 Å². The minimum Gasteiger partial charge on any atom is -0.328 e. The van der Waals surface area contributed by atoms with E-state index in [9.17, 15) is 0 Å². The zero-order chi connectivity index (χ0) is 10.7. The van der Waals surface area contributed by atoms with Crippen LogP contribution in [0.15, 0.2) is 39.6 Å². The van der Waals surface area contributed by atoms with Gasteiger partial charge in [-0.1, -0.05) is 35.4 Å². The molecule has 2 nitrogen and oxygen atoms in total. The molecule has 0 saturated carbocycles. The molecule has 2 heterocycles. The Bertz CT molecular complexity index is 364. The van der Waals surface area contributed by atoms with E-state index in [0.29, 0.717) is 0 Å². The lowest BCUT2D eigenvalue weighted by Gasteiger charge is -2.27. The molecule has 15 heavy (non-hydrogen) atoms. The van der Waals surface area contributed by atoms with Crippen LogP contribution < -0.4 is 0 Å². The van der Waals surface area contributed by atoms with Gasteiger partial charge in [-0.15, -0.1) is 0 Å². The smallest absolute Gasteiger partial charge is 0.133 e. The summed E-state index contributed by atoms with van der Waals surface area (Å²) in [4.78, 5) is 6.81. The number of amidine groups is 1. The summed E-state index contributed by atoms with van der Waals surface area (Å²) >= 11 is 3.62. The Morgan fingerprint density at radius 3 is 3.13 bits per heavy atom. The van der Waals surface area contributed by atoms with Gasteiger partial charge in [-0.3, -0.25) is 0 Å². The van der Waals surface area contributed by atoms with E-state index >= 15 is 0 Å². The number of fused-ring (bicyclic) bond motifs is 1. The van der Waals surface area contributed by atoms with Crippen LogP contribution >= 0.6 is 15.9 Å². The van der Waals surface area contributed by atoms with E-state index in [1.54, 1.807) is 0 Å². The summed E-state index contributed by atoms with van der Waals surface area (Å²) in [7, 11) is 0. The number of aliphatic imine (C=N–C) groups is 1. The molecule has 0 N–H and O–H groups in total. The van der Waals surface area contributed by atoms with Crippen LogP contribution in [0, 0.1) is 0 Å². The molecule has 0 radical (unpaired) electrons. The van der Waals surface area contributed by atoms with Crippen molar-refractivity contribution in [3.63, 3.8) is 0 Å². The molecule has 0 spiro atoms. The van der Waals surface area contributed by atoms with Gasteiger partial charge < -0.3 is 4.90 Å². The minimum absolute atomic E-state index is 0.915. The summed E-state index contributed by atoms with van der Waals surface area (Å²) < 4.78 is 1.22. The second kappa shape index (κ2) is 4.79. The maximum absolute atomic E-state index is 4.66. The predicted molar refractivity (Wildman–Crippen MR) is 67.9 cm³/mol. The van der Waals surface area contributed by atoms with Gasteiger partial charge in [0.15, 0.2) is 0 Å². The van der Waals surface area contributed by atoms with Crippen molar-refractivity contribution in [2.24, 2.45) is 4.99 Å². The summed E-state index contributed by atoms with van der Waals surface area (Å²) in [6.45, 7) is 3.12. The standard InChI is InChI=1S/C12H15BrN2/c1-2-3-6-11-10(13)9-15-8-5-4-7-12(15)14-11/h4-5,7-8H,2-3,6,9H2,1H3. The van der Waals surface area contributed by atoms with Gasteiger partial charge in [0.05, 0.1) is 12.2 Å². The van der Waals surface area contributed by atoms with Gasteiger partial charge in [0, 0.05) is 10.7 Å². The molecule has 2 aliphatic rings. The lowest BCUT2D eigenvalue weighted by molar-refractivity contribution is 0.597. The van der Waals surface area contributed by atoms with Crippen molar-refractivity contribution in [1.29, 1.82) is 0 Å². The summed E-state index contributed by atoms with van der Waals surface area (Å²) in [6, 6.07) is 0. The Kier molecular flexibility index (Phi) is 3.41. The van der Waals surface area contributed by atoms with Crippen LogP contribution in [-0.4, -0.2) is 17.3 Å². The van der Waals surface area contributed by atoms with Crippen LogP contribution in [0.5, 0.6) is 0 Å². The number of nitrogens with zero attached hydrogens (tertiary/aromatic N) is 2. The highest BCUT2D eigenvalue weighted by molar-refractivity contribution is 9.11. The fourth-order valence-electron chi connectivity index (χ4n) is 1.68. The third-order valence-electron chi connectivity index (χ3n) is 2.56. The van der Waals surface area contributed by atoms with Gasteiger partial charge in [-0.2, -0.15) is 0 Å². The third kappa shape index (κ3) is 2.40. The molecule has 80 valence electrons. The molecular weight excluding hydrogens is 252 g/mol. The second-order valence-electron chi connectivity index (χ2n) is 3.75. The Hall–Kier alpha value is -0.830. The molecule has 0 amide bonds. The van der Waals surface area contributed by atoms with Gasteiger partial charge in [-0.05, 0) is 25.0 Å². The third-order valence-corrected chi connectivity index (χ3v) is 3.26. The number of rotatable bonds is 3. The average molecular weight is 267 g/mol. The molecular formula is C12H15BrN2. The van der Waals surface area contributed by atoms with E-state index < -0.39 is 0 Å². The molecule has 0 aromatic rings. The van der Waals surface area contributed by atoms with E-state index in [1.165, 1.54) is 23.0 Å². The molecule has 0 aromatic heterocycles. The number of hydrogen-bond donors (Lipinski definition) is 0. The van der Waals surface area contributed by atoms with Crippen LogP contribution in [0.4, 0.5) is 0 Å². The first-order chi connectivity index (χ1) is 7.31. The van der Waals surface area contributed by atoms with Crippen molar-refractivity contribution in [3.8, 4) is 0 Å². The molecule has 0 aliphatic carbocycles. The highest BCUT2D eigenvalue weighted by Crippen LogP contribution is 2.26. The van der Waals surface area contributed by atoms with E-state index in [1.807, 2.05) is 12.2 Å². The van der Waals surface area contributed by atoms with Crippen LogP contribution in [0.25, 0.3) is 0 Å². The normalized spacial score (nSPS) is 19.3. The summed E-state index contributed by atoms with van der Waals surface area (Å²) in [5.41, 5.74) is 1.21. The Labute approximate surface area is 99.2 Å². The number of unbranched alkanes of at least 4 members (excludes halogenated alkanes) is 1. The fourth-order valence-corrected chi connectivity index (χ4v) is 2.24. The summed E-state index contributed by atoms with van der Waals surface area (Å²) in [6.07, 6.45) is 11.7.